The van der Waals surface area contributed by atoms with Gasteiger partial charge >= 0.3 is 0 Å². The van der Waals surface area contributed by atoms with Crippen molar-refractivity contribution < 1.29 is 17.9 Å². The molecule has 0 spiro atoms. The van der Waals surface area contributed by atoms with Crippen LogP contribution >= 0.6 is 11.3 Å². The zero-order valence-electron chi connectivity index (χ0n) is 17.7. The number of ether oxygens (including phenoxy) is 1. The Morgan fingerprint density at radius 2 is 1.72 bits per heavy atom. The van der Waals surface area contributed by atoms with Crippen molar-refractivity contribution in [1.29, 1.82) is 0 Å². The molecule has 0 aliphatic rings. The van der Waals surface area contributed by atoms with Gasteiger partial charge in [-0.25, -0.2) is 8.42 Å². The molecule has 1 heterocycles. The molecule has 164 valence electrons. The summed E-state index contributed by atoms with van der Waals surface area (Å²) < 4.78 is 35.6. The molecule has 32 heavy (non-hydrogen) atoms. The minimum atomic E-state index is -3.76. The zero-order chi connectivity index (χ0) is 22.9. The number of hydrogen-bond acceptors (Lipinski definition) is 5. The second-order valence-electron chi connectivity index (χ2n) is 7.19. The van der Waals surface area contributed by atoms with Crippen LogP contribution in [0, 0.1) is 6.92 Å². The molecule has 4 aromatic rings. The van der Waals surface area contributed by atoms with Crippen LogP contribution in [0.2, 0.25) is 0 Å². The summed E-state index contributed by atoms with van der Waals surface area (Å²) in [5, 5.41) is 0. The number of aryl methyl sites for hydroxylation is 2. The molecule has 0 aliphatic heterocycles. The molecule has 0 saturated carbocycles. The van der Waals surface area contributed by atoms with Crippen molar-refractivity contribution in [2.45, 2.75) is 11.8 Å². The van der Waals surface area contributed by atoms with Gasteiger partial charge in [-0.2, -0.15) is 4.99 Å². The molecule has 0 saturated heterocycles. The largest absolute Gasteiger partial charge is 0.497 e. The molecule has 9 heteroatoms. The SMILES string of the molecule is COc1ccc(S(=O)(=O)Nc2ccc(C(=O)N=c3sc4cc(C)ccc4n3C)cc2)cc1. The van der Waals surface area contributed by atoms with Gasteiger partial charge in [-0.3, -0.25) is 9.52 Å². The summed E-state index contributed by atoms with van der Waals surface area (Å²) in [5.74, 6) is 0.172. The Hall–Kier alpha value is -3.43. The lowest BCUT2D eigenvalue weighted by molar-refractivity contribution is 0.0998. The van der Waals surface area contributed by atoms with Crippen molar-refractivity contribution >= 4 is 43.2 Å². The first kappa shape index (κ1) is 21.8. The Bertz CT molecular complexity index is 1470. The lowest BCUT2D eigenvalue weighted by Crippen LogP contribution is -2.14. The quantitative estimate of drug-likeness (QED) is 0.479. The number of carbonyl (C=O) groups is 1. The van der Waals surface area contributed by atoms with Crippen LogP contribution in [0.1, 0.15) is 15.9 Å². The van der Waals surface area contributed by atoms with Gasteiger partial charge in [0.15, 0.2) is 4.80 Å². The molecule has 0 bridgehead atoms. The molecule has 1 N–H and O–H groups in total. The molecule has 0 atom stereocenters. The van der Waals surface area contributed by atoms with Gasteiger partial charge in [0.2, 0.25) is 0 Å². The Morgan fingerprint density at radius 3 is 2.38 bits per heavy atom. The third kappa shape index (κ3) is 4.44. The van der Waals surface area contributed by atoms with Gasteiger partial charge in [0.25, 0.3) is 15.9 Å². The number of sulfonamides is 1. The van der Waals surface area contributed by atoms with Gasteiger partial charge in [0.1, 0.15) is 5.75 Å². The van der Waals surface area contributed by atoms with Crippen molar-refractivity contribution in [3.63, 3.8) is 0 Å². The van der Waals surface area contributed by atoms with Crippen LogP contribution in [0.4, 0.5) is 5.69 Å². The Balaban J connectivity index is 1.55. The molecule has 1 aromatic heterocycles. The fourth-order valence-corrected chi connectivity index (χ4v) is 5.32. The van der Waals surface area contributed by atoms with Crippen LogP contribution < -0.4 is 14.3 Å². The van der Waals surface area contributed by atoms with Crippen LogP contribution in [0.25, 0.3) is 10.2 Å². The van der Waals surface area contributed by atoms with Crippen molar-refractivity contribution in [3.05, 3.63) is 82.7 Å². The predicted molar refractivity (Wildman–Crippen MR) is 126 cm³/mol. The average molecular weight is 468 g/mol. The number of nitrogens with one attached hydrogen (secondary N) is 1. The molecule has 1 amide bonds. The molecule has 4 rings (SSSR count). The van der Waals surface area contributed by atoms with Crippen LogP contribution in [0.15, 0.2) is 76.6 Å². The van der Waals surface area contributed by atoms with E-state index in [-0.39, 0.29) is 4.90 Å². The van der Waals surface area contributed by atoms with Crippen LogP contribution in [-0.2, 0) is 17.1 Å². The predicted octanol–water partition coefficient (Wildman–Crippen LogP) is 4.10. The second-order valence-corrected chi connectivity index (χ2v) is 9.88. The fraction of sp³-hybridized carbons (Fsp3) is 0.130. The van der Waals surface area contributed by atoms with E-state index in [2.05, 4.69) is 15.8 Å². The topological polar surface area (TPSA) is 89.8 Å². The number of fused-ring (bicyclic) bond motifs is 1. The monoisotopic (exact) mass is 467 g/mol. The zero-order valence-corrected chi connectivity index (χ0v) is 19.3. The number of anilines is 1. The van der Waals surface area contributed by atoms with E-state index in [1.165, 1.54) is 42.7 Å². The number of benzene rings is 3. The Morgan fingerprint density at radius 1 is 1.03 bits per heavy atom. The maximum Gasteiger partial charge on any atom is 0.279 e. The molecule has 0 radical (unpaired) electrons. The molecule has 0 aliphatic carbocycles. The summed E-state index contributed by atoms with van der Waals surface area (Å²) in [4.78, 5) is 17.6. The highest BCUT2D eigenvalue weighted by Crippen LogP contribution is 2.20. The molecular formula is C23H21N3O4S2. The van der Waals surface area contributed by atoms with E-state index in [1.807, 2.05) is 30.7 Å². The number of rotatable bonds is 5. The first-order chi connectivity index (χ1) is 15.3. The summed E-state index contributed by atoms with van der Waals surface area (Å²) in [6, 6.07) is 18.4. The van der Waals surface area contributed by atoms with Gasteiger partial charge in [-0.05, 0) is 73.2 Å². The summed E-state index contributed by atoms with van der Waals surface area (Å²) >= 11 is 1.45. The van der Waals surface area contributed by atoms with Crippen LogP contribution in [0.5, 0.6) is 5.75 Å². The third-order valence-corrected chi connectivity index (χ3v) is 7.41. The van der Waals surface area contributed by atoms with E-state index < -0.39 is 15.9 Å². The van der Waals surface area contributed by atoms with Crippen LogP contribution in [-0.4, -0.2) is 26.0 Å². The smallest absolute Gasteiger partial charge is 0.279 e. The highest BCUT2D eigenvalue weighted by atomic mass is 32.2. The van der Waals surface area contributed by atoms with Gasteiger partial charge in [0, 0.05) is 18.3 Å². The lowest BCUT2D eigenvalue weighted by atomic mass is 10.2. The lowest BCUT2D eigenvalue weighted by Gasteiger charge is -2.09. The van der Waals surface area contributed by atoms with Gasteiger partial charge in [-0.1, -0.05) is 17.4 Å². The molecule has 7 nitrogen and oxygen atoms in total. The number of nitrogens with zero attached hydrogens (tertiary/aromatic N) is 2. The maximum atomic E-state index is 12.7. The van der Waals surface area contributed by atoms with E-state index in [0.717, 1.165) is 15.8 Å². The average Bonchev–Trinajstić information content (AvgIpc) is 3.08. The van der Waals surface area contributed by atoms with Crippen molar-refractivity contribution in [2.24, 2.45) is 12.0 Å². The van der Waals surface area contributed by atoms with Gasteiger partial charge < -0.3 is 9.30 Å². The van der Waals surface area contributed by atoms with E-state index in [9.17, 15) is 13.2 Å². The summed E-state index contributed by atoms with van der Waals surface area (Å²) in [6.45, 7) is 2.02. The number of thiazole rings is 1. The first-order valence-electron chi connectivity index (χ1n) is 9.69. The first-order valence-corrected chi connectivity index (χ1v) is 12.0. The standard InChI is InChI=1S/C23H21N3O4S2/c1-15-4-13-20-21(14-15)31-23(26(20)2)24-22(27)16-5-7-17(8-6-16)25-32(28,29)19-11-9-18(30-3)10-12-19/h4-14,25H,1-3H3. The molecule has 3 aromatic carbocycles. The van der Waals surface area contributed by atoms with E-state index in [1.54, 1.807) is 24.3 Å². The number of amides is 1. The molecule has 0 fully saturated rings. The van der Waals surface area contributed by atoms with Crippen molar-refractivity contribution in [3.8, 4) is 5.75 Å². The van der Waals surface area contributed by atoms with E-state index in [0.29, 0.717) is 21.8 Å². The number of hydrogen-bond donors (Lipinski definition) is 1. The summed E-state index contributed by atoms with van der Waals surface area (Å²) in [6.07, 6.45) is 0. The third-order valence-electron chi connectivity index (χ3n) is 4.92. The summed E-state index contributed by atoms with van der Waals surface area (Å²) in [7, 11) is -0.375. The summed E-state index contributed by atoms with van der Waals surface area (Å²) in [5.41, 5.74) is 2.87. The number of methoxy groups -OCH3 is 1. The minimum Gasteiger partial charge on any atom is -0.497 e. The number of carbonyl (C=O) groups excluding carboxylic acids is 1. The fourth-order valence-electron chi connectivity index (χ4n) is 3.15. The van der Waals surface area contributed by atoms with E-state index >= 15 is 0 Å². The van der Waals surface area contributed by atoms with Crippen molar-refractivity contribution in [2.75, 3.05) is 11.8 Å². The highest BCUT2D eigenvalue weighted by molar-refractivity contribution is 7.92. The normalized spacial score (nSPS) is 12.2. The highest BCUT2D eigenvalue weighted by Gasteiger charge is 2.15. The number of aromatic nitrogens is 1. The Kier molecular flexibility index (Phi) is 5.86. The Labute approximate surface area is 189 Å². The molecular weight excluding hydrogens is 446 g/mol. The van der Waals surface area contributed by atoms with Gasteiger partial charge in [-0.15, -0.1) is 0 Å². The van der Waals surface area contributed by atoms with E-state index in [4.69, 9.17) is 4.74 Å². The maximum absolute atomic E-state index is 12.7. The van der Waals surface area contributed by atoms with Crippen LogP contribution in [0.3, 0.4) is 0 Å². The van der Waals surface area contributed by atoms with Crippen molar-refractivity contribution in [1.82, 2.24) is 4.57 Å². The van der Waals surface area contributed by atoms with Gasteiger partial charge in [0.05, 0.1) is 22.2 Å². The minimum absolute atomic E-state index is 0.112. The second kappa shape index (κ2) is 8.60. The molecule has 0 unspecified atom stereocenters.